The molecule has 0 radical (unpaired) electrons. The average Bonchev–Trinajstić information content (AvgIpc) is 3.66. The molecule has 2 aromatic rings. The number of fused-ring (bicyclic) bond motifs is 1. The van der Waals surface area contributed by atoms with E-state index in [1.54, 1.807) is 12.1 Å². The van der Waals surface area contributed by atoms with Gasteiger partial charge in [-0.25, -0.2) is 0 Å². The van der Waals surface area contributed by atoms with Crippen molar-refractivity contribution in [1.29, 1.82) is 0 Å². The standard InChI is InChI=1S/C20H14O8.C2H6/c1-8-15(21)18-16(22)13-14(24-13)17(23)19(18,28-18)20(25-8)26-10-6-2-4-9-5-3-7-11(27-20)12(9)10;1-2/h2-8,13-14,16,22H,1H3;1-2H3. The Morgan fingerprint density at radius 1 is 0.967 bits per heavy atom. The van der Waals surface area contributed by atoms with Crippen LogP contribution in [0.5, 0.6) is 11.5 Å². The zero-order valence-electron chi connectivity index (χ0n) is 16.6. The minimum absolute atomic E-state index is 0.445. The van der Waals surface area contributed by atoms with Crippen LogP contribution >= 0.6 is 0 Å². The summed E-state index contributed by atoms with van der Waals surface area (Å²) in [5.41, 5.74) is -3.71. The number of carbonyl (C=O) groups is 2. The molecule has 3 saturated heterocycles. The zero-order valence-corrected chi connectivity index (χ0v) is 16.6. The zero-order chi connectivity index (χ0) is 21.1. The highest BCUT2D eigenvalue weighted by Gasteiger charge is 3.00. The first-order valence-electron chi connectivity index (χ1n) is 10.2. The van der Waals surface area contributed by atoms with Gasteiger partial charge in [0.25, 0.3) is 5.60 Å². The van der Waals surface area contributed by atoms with Crippen LogP contribution < -0.4 is 9.47 Å². The van der Waals surface area contributed by atoms with Gasteiger partial charge in [-0.2, -0.15) is 0 Å². The Morgan fingerprint density at radius 2 is 1.60 bits per heavy atom. The lowest BCUT2D eigenvalue weighted by Crippen LogP contribution is -2.75. The highest BCUT2D eigenvalue weighted by Crippen LogP contribution is 2.69. The monoisotopic (exact) mass is 412 g/mol. The number of aliphatic hydroxyl groups excluding tert-OH is 1. The van der Waals surface area contributed by atoms with E-state index in [0.29, 0.717) is 11.5 Å². The maximum Gasteiger partial charge on any atom is 0.415 e. The van der Waals surface area contributed by atoms with E-state index in [9.17, 15) is 14.7 Å². The van der Waals surface area contributed by atoms with Gasteiger partial charge in [-0.05, 0) is 24.4 Å². The summed E-state index contributed by atoms with van der Waals surface area (Å²) >= 11 is 0. The molecule has 8 nitrogen and oxygen atoms in total. The molecule has 4 fully saturated rings. The summed E-state index contributed by atoms with van der Waals surface area (Å²) in [4.78, 5) is 26.2. The maximum atomic E-state index is 13.2. The molecule has 7 rings (SSSR count). The summed E-state index contributed by atoms with van der Waals surface area (Å²) in [5, 5.41) is 12.4. The van der Waals surface area contributed by atoms with Crippen molar-refractivity contribution in [3.8, 4) is 11.5 Å². The van der Waals surface area contributed by atoms with Crippen LogP contribution in [0.4, 0.5) is 0 Å². The van der Waals surface area contributed by atoms with Crippen molar-refractivity contribution in [3.63, 3.8) is 0 Å². The number of aliphatic hydroxyl groups is 1. The second-order valence-corrected chi connectivity index (χ2v) is 7.84. The van der Waals surface area contributed by atoms with Crippen molar-refractivity contribution in [2.45, 2.75) is 62.4 Å². The maximum absolute atomic E-state index is 13.2. The van der Waals surface area contributed by atoms with Crippen LogP contribution in [0.2, 0.25) is 0 Å². The summed E-state index contributed by atoms with van der Waals surface area (Å²) in [6.45, 7) is 5.52. The van der Waals surface area contributed by atoms with Crippen LogP contribution in [-0.2, 0) is 23.8 Å². The van der Waals surface area contributed by atoms with E-state index < -0.39 is 53.2 Å². The number of Topliss-reactive ketones (excluding diaryl/α,β-unsaturated/α-hetero) is 2. The SMILES string of the molecule is CC.CC1OC2(Oc3cccc4cccc(c34)O2)C23OC2(C1=O)C(O)C1OC1C3=O. The van der Waals surface area contributed by atoms with Gasteiger partial charge >= 0.3 is 5.97 Å². The first-order valence-corrected chi connectivity index (χ1v) is 10.2. The Labute approximate surface area is 171 Å². The number of benzene rings is 2. The largest absolute Gasteiger partial charge is 0.426 e. The van der Waals surface area contributed by atoms with Crippen molar-refractivity contribution in [2.24, 2.45) is 0 Å². The molecule has 5 aliphatic rings. The van der Waals surface area contributed by atoms with E-state index in [0.717, 1.165) is 10.8 Å². The van der Waals surface area contributed by atoms with E-state index in [1.165, 1.54) is 6.92 Å². The molecule has 1 saturated carbocycles. The second-order valence-electron chi connectivity index (χ2n) is 7.84. The molecular weight excluding hydrogens is 392 g/mol. The van der Waals surface area contributed by atoms with Crippen LogP contribution in [0.25, 0.3) is 10.8 Å². The van der Waals surface area contributed by atoms with Gasteiger partial charge in [0, 0.05) is 0 Å². The molecule has 0 amide bonds. The minimum Gasteiger partial charge on any atom is -0.426 e. The van der Waals surface area contributed by atoms with Crippen LogP contribution in [0.3, 0.4) is 0 Å². The van der Waals surface area contributed by atoms with Crippen LogP contribution in [-0.4, -0.2) is 58.3 Å². The highest BCUT2D eigenvalue weighted by molar-refractivity contribution is 6.12. The Balaban J connectivity index is 0.000000852. The smallest absolute Gasteiger partial charge is 0.415 e. The lowest BCUT2D eigenvalue weighted by molar-refractivity contribution is -0.346. The van der Waals surface area contributed by atoms with Gasteiger partial charge in [0.05, 0.1) is 5.39 Å². The number of epoxide rings is 2. The molecular formula is C22H20O8. The fourth-order valence-electron chi connectivity index (χ4n) is 5.15. The third-order valence-electron chi connectivity index (χ3n) is 6.47. The fraction of sp³-hybridized carbons (Fsp3) is 0.455. The topological polar surface area (TPSA) is 107 Å². The summed E-state index contributed by atoms with van der Waals surface area (Å²) in [7, 11) is 0. The van der Waals surface area contributed by atoms with Crippen molar-refractivity contribution in [2.75, 3.05) is 0 Å². The molecule has 4 heterocycles. The Hall–Kier alpha value is -2.52. The summed E-state index contributed by atoms with van der Waals surface area (Å²) in [6.07, 6.45) is -3.94. The summed E-state index contributed by atoms with van der Waals surface area (Å²) < 4.78 is 29.3. The molecule has 1 N–H and O–H groups in total. The molecule has 156 valence electrons. The molecule has 1 aliphatic carbocycles. The van der Waals surface area contributed by atoms with Gasteiger partial charge in [-0.1, -0.05) is 38.1 Å². The quantitative estimate of drug-likeness (QED) is 0.649. The Bertz CT molecular complexity index is 1090. The second kappa shape index (κ2) is 5.39. The third kappa shape index (κ3) is 1.71. The van der Waals surface area contributed by atoms with Gasteiger partial charge < -0.3 is 24.1 Å². The predicted molar refractivity (Wildman–Crippen MR) is 101 cm³/mol. The molecule has 1 spiro atoms. The normalized spacial score (nSPS) is 40.8. The Morgan fingerprint density at radius 3 is 2.23 bits per heavy atom. The molecule has 0 bridgehead atoms. The Kier molecular flexibility index (Phi) is 3.28. The van der Waals surface area contributed by atoms with Crippen LogP contribution in [0.1, 0.15) is 20.8 Å². The van der Waals surface area contributed by atoms with Crippen LogP contribution in [0, 0.1) is 0 Å². The molecule has 4 aliphatic heterocycles. The summed E-state index contributed by atoms with van der Waals surface area (Å²) in [6, 6.07) is 10.9. The van der Waals surface area contributed by atoms with Crippen molar-refractivity contribution in [1.82, 2.24) is 0 Å². The fourth-order valence-corrected chi connectivity index (χ4v) is 5.15. The van der Waals surface area contributed by atoms with E-state index in [2.05, 4.69) is 0 Å². The van der Waals surface area contributed by atoms with Gasteiger partial charge in [-0.15, -0.1) is 0 Å². The molecule has 6 unspecified atom stereocenters. The molecule has 30 heavy (non-hydrogen) atoms. The number of carbonyl (C=O) groups excluding carboxylic acids is 2. The number of rotatable bonds is 0. The van der Waals surface area contributed by atoms with E-state index >= 15 is 0 Å². The molecule has 8 heteroatoms. The van der Waals surface area contributed by atoms with E-state index in [4.69, 9.17) is 23.7 Å². The first-order chi connectivity index (χ1) is 14.5. The van der Waals surface area contributed by atoms with Crippen molar-refractivity contribution >= 4 is 22.3 Å². The van der Waals surface area contributed by atoms with Gasteiger partial charge in [-0.3, -0.25) is 14.3 Å². The summed E-state index contributed by atoms with van der Waals surface area (Å²) in [5.74, 6) is -2.16. The van der Waals surface area contributed by atoms with Crippen molar-refractivity contribution < 1.29 is 38.4 Å². The average molecular weight is 412 g/mol. The number of ether oxygens (including phenoxy) is 5. The number of ketones is 2. The highest BCUT2D eigenvalue weighted by atomic mass is 16.9. The first kappa shape index (κ1) is 18.3. The molecule has 0 aromatic heterocycles. The molecule has 2 aromatic carbocycles. The lowest BCUT2D eigenvalue weighted by Gasteiger charge is -2.46. The molecule has 6 atom stereocenters. The van der Waals surface area contributed by atoms with Crippen molar-refractivity contribution in [3.05, 3.63) is 36.4 Å². The lowest BCUT2D eigenvalue weighted by atomic mass is 9.70. The number of hydrogen-bond donors (Lipinski definition) is 1. The third-order valence-corrected chi connectivity index (χ3v) is 6.47. The van der Waals surface area contributed by atoms with Gasteiger partial charge in [0.15, 0.2) is 5.78 Å². The predicted octanol–water partition coefficient (Wildman–Crippen LogP) is 1.50. The number of hydrogen-bond acceptors (Lipinski definition) is 8. The van der Waals surface area contributed by atoms with Gasteiger partial charge in [0.2, 0.25) is 11.4 Å². The van der Waals surface area contributed by atoms with E-state index in [1.807, 2.05) is 38.1 Å². The minimum atomic E-state index is -2.03. The van der Waals surface area contributed by atoms with E-state index in [-0.39, 0.29) is 0 Å². The van der Waals surface area contributed by atoms with Crippen LogP contribution in [0.15, 0.2) is 36.4 Å². The van der Waals surface area contributed by atoms with Gasteiger partial charge in [0.1, 0.15) is 35.9 Å².